The Balaban J connectivity index is 2.34. The molecule has 1 amide bonds. The molecule has 2 N–H and O–H groups in total. The first-order chi connectivity index (χ1) is 5.70. The van der Waals surface area contributed by atoms with Gasteiger partial charge in [-0.1, -0.05) is 12.2 Å². The van der Waals surface area contributed by atoms with Gasteiger partial charge in [0.05, 0.1) is 11.4 Å². The Morgan fingerprint density at radius 3 is 2.58 bits per heavy atom. The van der Waals surface area contributed by atoms with Gasteiger partial charge in [0.1, 0.15) is 0 Å². The van der Waals surface area contributed by atoms with Gasteiger partial charge in [-0.05, 0) is 0 Å². The highest BCUT2D eigenvalue weighted by Gasteiger charge is 2.16. The third kappa shape index (κ3) is 2.98. The number of carbonyl (C=O) groups is 1. The van der Waals surface area contributed by atoms with Crippen LogP contribution in [0.2, 0.25) is 0 Å². The molecular formula is C7H12N2OS2. The molecule has 0 aromatic heterocycles. The van der Waals surface area contributed by atoms with E-state index in [1.54, 1.807) is 0 Å². The summed E-state index contributed by atoms with van der Waals surface area (Å²) in [6, 6.07) is 0. The molecule has 0 spiro atoms. The summed E-state index contributed by atoms with van der Waals surface area (Å²) < 4.78 is 0. The second-order valence-corrected chi connectivity index (χ2v) is 4.39. The third-order valence-corrected chi connectivity index (χ3v) is 2.78. The summed E-state index contributed by atoms with van der Waals surface area (Å²) in [7, 11) is 0. The van der Waals surface area contributed by atoms with Crippen LogP contribution in [0.1, 0.15) is 6.42 Å². The number of thiocarbonyl (C=S) groups is 1. The smallest absolute Gasteiger partial charge is 0.229 e. The fourth-order valence-corrected chi connectivity index (χ4v) is 2.10. The van der Waals surface area contributed by atoms with E-state index < -0.39 is 0 Å². The van der Waals surface area contributed by atoms with Crippen molar-refractivity contribution in [1.82, 2.24) is 4.90 Å². The fourth-order valence-electron chi connectivity index (χ4n) is 1.07. The molecule has 1 saturated heterocycles. The molecule has 1 rings (SSSR count). The van der Waals surface area contributed by atoms with Crippen LogP contribution in [-0.4, -0.2) is 40.4 Å². The van der Waals surface area contributed by atoms with Crippen molar-refractivity contribution >= 4 is 34.9 Å². The van der Waals surface area contributed by atoms with Crippen LogP contribution in [0.15, 0.2) is 0 Å². The Hall–Kier alpha value is -0.290. The van der Waals surface area contributed by atoms with Crippen LogP contribution in [0, 0.1) is 0 Å². The maximum atomic E-state index is 11.4. The van der Waals surface area contributed by atoms with E-state index in [0.717, 1.165) is 24.6 Å². The van der Waals surface area contributed by atoms with E-state index >= 15 is 0 Å². The Morgan fingerprint density at radius 2 is 2.08 bits per heavy atom. The molecule has 1 aliphatic rings. The first-order valence-electron chi connectivity index (χ1n) is 3.84. The van der Waals surface area contributed by atoms with Gasteiger partial charge >= 0.3 is 0 Å². The molecule has 1 fully saturated rings. The number of rotatable bonds is 2. The first-order valence-corrected chi connectivity index (χ1v) is 5.40. The van der Waals surface area contributed by atoms with Gasteiger partial charge in [0, 0.05) is 24.6 Å². The first kappa shape index (κ1) is 9.80. The van der Waals surface area contributed by atoms with Crippen LogP contribution in [-0.2, 0) is 4.79 Å². The van der Waals surface area contributed by atoms with Crippen LogP contribution < -0.4 is 5.73 Å². The maximum absolute atomic E-state index is 11.4. The monoisotopic (exact) mass is 204 g/mol. The number of hydrogen-bond acceptors (Lipinski definition) is 3. The average Bonchev–Trinajstić information content (AvgIpc) is 2.05. The number of nitrogens with zero attached hydrogens (tertiary/aromatic N) is 1. The maximum Gasteiger partial charge on any atom is 0.229 e. The number of nitrogens with two attached hydrogens (primary N) is 1. The molecule has 12 heavy (non-hydrogen) atoms. The van der Waals surface area contributed by atoms with E-state index in [-0.39, 0.29) is 12.3 Å². The second kappa shape index (κ2) is 4.67. The molecule has 68 valence electrons. The molecule has 3 nitrogen and oxygen atoms in total. The summed E-state index contributed by atoms with van der Waals surface area (Å²) in [4.78, 5) is 13.5. The summed E-state index contributed by atoms with van der Waals surface area (Å²) in [5, 5.41) is 0. The fraction of sp³-hybridized carbons (Fsp3) is 0.714. The molecule has 0 aromatic rings. The van der Waals surface area contributed by atoms with Gasteiger partial charge in [0.25, 0.3) is 0 Å². The van der Waals surface area contributed by atoms with Crippen molar-refractivity contribution in [3.63, 3.8) is 0 Å². The Labute approximate surface area is 81.7 Å². The van der Waals surface area contributed by atoms with E-state index in [0.29, 0.717) is 4.99 Å². The van der Waals surface area contributed by atoms with E-state index in [2.05, 4.69) is 12.2 Å². The minimum atomic E-state index is 0.0720. The molecule has 0 unspecified atom stereocenters. The minimum Gasteiger partial charge on any atom is -0.393 e. The van der Waals surface area contributed by atoms with Gasteiger partial charge in [-0.25, -0.2) is 0 Å². The van der Waals surface area contributed by atoms with Gasteiger partial charge in [-0.2, -0.15) is 11.8 Å². The van der Waals surface area contributed by atoms with Gasteiger partial charge in [-0.15, -0.1) is 0 Å². The molecular weight excluding hydrogens is 192 g/mol. The molecule has 0 atom stereocenters. The van der Waals surface area contributed by atoms with Crippen molar-refractivity contribution in [1.29, 1.82) is 0 Å². The van der Waals surface area contributed by atoms with Crippen LogP contribution >= 0.6 is 24.0 Å². The molecule has 0 saturated carbocycles. The molecule has 5 heteroatoms. The molecule has 1 aliphatic heterocycles. The molecule has 1 heterocycles. The lowest BCUT2D eigenvalue weighted by molar-refractivity contribution is -0.129. The zero-order chi connectivity index (χ0) is 8.97. The lowest BCUT2D eigenvalue weighted by atomic mass is 10.3. The SMILES string of the molecule is NC(=S)CC(=O)N1CCSCC1. The quantitative estimate of drug-likeness (QED) is 0.654. The van der Waals surface area contributed by atoms with E-state index in [1.165, 1.54) is 0 Å². The largest absolute Gasteiger partial charge is 0.393 e. The third-order valence-electron chi connectivity index (χ3n) is 1.69. The Kier molecular flexibility index (Phi) is 3.81. The number of hydrogen-bond donors (Lipinski definition) is 1. The summed E-state index contributed by atoms with van der Waals surface area (Å²) in [5.41, 5.74) is 5.28. The van der Waals surface area contributed by atoms with E-state index in [9.17, 15) is 4.79 Å². The molecule has 0 aromatic carbocycles. The summed E-state index contributed by atoms with van der Waals surface area (Å²) in [5.74, 6) is 2.13. The molecule has 0 aliphatic carbocycles. The number of amides is 1. The van der Waals surface area contributed by atoms with E-state index in [1.807, 2.05) is 16.7 Å². The van der Waals surface area contributed by atoms with Crippen molar-refractivity contribution in [3.05, 3.63) is 0 Å². The normalized spacial score (nSPS) is 17.5. The summed E-state index contributed by atoms with van der Waals surface area (Å²) in [6.45, 7) is 1.68. The highest BCUT2D eigenvalue weighted by atomic mass is 32.2. The topological polar surface area (TPSA) is 46.3 Å². The van der Waals surface area contributed by atoms with Crippen molar-refractivity contribution in [2.45, 2.75) is 6.42 Å². The van der Waals surface area contributed by atoms with Crippen LogP contribution in [0.5, 0.6) is 0 Å². The zero-order valence-electron chi connectivity index (χ0n) is 6.78. The highest BCUT2D eigenvalue weighted by molar-refractivity contribution is 7.99. The molecule has 0 radical (unpaired) electrons. The van der Waals surface area contributed by atoms with Crippen LogP contribution in [0.3, 0.4) is 0 Å². The van der Waals surface area contributed by atoms with Crippen molar-refractivity contribution in [2.75, 3.05) is 24.6 Å². The van der Waals surface area contributed by atoms with Gasteiger partial charge < -0.3 is 10.6 Å². The van der Waals surface area contributed by atoms with Gasteiger partial charge in [0.2, 0.25) is 5.91 Å². The van der Waals surface area contributed by atoms with Crippen molar-refractivity contribution in [2.24, 2.45) is 5.73 Å². The standard InChI is InChI=1S/C7H12N2OS2/c8-6(11)5-7(10)9-1-3-12-4-2-9/h1-5H2,(H2,8,11). The lowest BCUT2D eigenvalue weighted by Gasteiger charge is -2.26. The average molecular weight is 204 g/mol. The highest BCUT2D eigenvalue weighted by Crippen LogP contribution is 2.09. The summed E-state index contributed by atoms with van der Waals surface area (Å²) in [6.07, 6.45) is 0.222. The number of carbonyl (C=O) groups excluding carboxylic acids is 1. The summed E-state index contributed by atoms with van der Waals surface area (Å²) >= 11 is 6.54. The van der Waals surface area contributed by atoms with Gasteiger partial charge in [-0.3, -0.25) is 4.79 Å². The van der Waals surface area contributed by atoms with Crippen molar-refractivity contribution < 1.29 is 4.79 Å². The van der Waals surface area contributed by atoms with Crippen molar-refractivity contribution in [3.8, 4) is 0 Å². The number of thioether (sulfide) groups is 1. The van der Waals surface area contributed by atoms with Crippen LogP contribution in [0.4, 0.5) is 0 Å². The predicted molar refractivity (Wildman–Crippen MR) is 55.3 cm³/mol. The van der Waals surface area contributed by atoms with Crippen LogP contribution in [0.25, 0.3) is 0 Å². The molecule has 0 bridgehead atoms. The Morgan fingerprint density at radius 1 is 1.50 bits per heavy atom. The minimum absolute atomic E-state index is 0.0720. The lowest BCUT2D eigenvalue weighted by Crippen LogP contribution is -2.39. The predicted octanol–water partition coefficient (Wildman–Crippen LogP) is 0.238. The van der Waals surface area contributed by atoms with E-state index in [4.69, 9.17) is 5.73 Å². The Bertz CT molecular complexity index is 190. The zero-order valence-corrected chi connectivity index (χ0v) is 8.42. The van der Waals surface area contributed by atoms with Gasteiger partial charge in [0.15, 0.2) is 0 Å². The second-order valence-electron chi connectivity index (χ2n) is 2.64.